The minimum Gasteiger partial charge on any atom is -0.497 e. The summed E-state index contributed by atoms with van der Waals surface area (Å²) in [5, 5.41) is 21.6. The van der Waals surface area contributed by atoms with Crippen LogP contribution in [0.1, 0.15) is 57.5 Å². The highest BCUT2D eigenvalue weighted by Gasteiger charge is 2.43. The van der Waals surface area contributed by atoms with Crippen LogP contribution in [0.4, 0.5) is 0 Å². The fourth-order valence-electron chi connectivity index (χ4n) is 11.5. The summed E-state index contributed by atoms with van der Waals surface area (Å²) >= 11 is 0. The van der Waals surface area contributed by atoms with Crippen molar-refractivity contribution in [3.05, 3.63) is 236 Å². The zero-order chi connectivity index (χ0) is 47.7. The Balaban J connectivity index is 0.999. The highest BCUT2D eigenvalue weighted by molar-refractivity contribution is 6.25. The predicted octanol–water partition coefficient (Wildman–Crippen LogP) is 11.5. The molecule has 346 valence electrons. The normalized spacial score (nSPS) is 16.8. The van der Waals surface area contributed by atoms with Crippen LogP contribution in [0.3, 0.4) is 0 Å². The molecular weight excluding hydrogens is 873 g/mol. The summed E-state index contributed by atoms with van der Waals surface area (Å²) in [7, 11) is 3.28. The van der Waals surface area contributed by atoms with Crippen LogP contribution in [-0.2, 0) is 21.5 Å². The number of benzene rings is 9. The molecular formula is C61H50N2O7. The van der Waals surface area contributed by atoms with Crippen LogP contribution in [0.5, 0.6) is 11.5 Å². The molecule has 2 heterocycles. The van der Waals surface area contributed by atoms with Crippen molar-refractivity contribution < 1.29 is 24.1 Å². The first kappa shape index (κ1) is 43.5. The molecule has 1 aliphatic heterocycles. The molecule has 9 heteroatoms. The van der Waals surface area contributed by atoms with Crippen molar-refractivity contribution in [3.8, 4) is 22.6 Å². The molecule has 3 atom stereocenters. The Hall–Kier alpha value is -7.82. The Morgan fingerprint density at radius 2 is 1.03 bits per heavy atom. The van der Waals surface area contributed by atoms with E-state index in [0.717, 1.165) is 23.1 Å². The highest BCUT2D eigenvalue weighted by Crippen LogP contribution is 2.57. The van der Waals surface area contributed by atoms with Crippen molar-refractivity contribution in [2.24, 2.45) is 0 Å². The van der Waals surface area contributed by atoms with Crippen molar-refractivity contribution in [1.82, 2.24) is 9.55 Å². The van der Waals surface area contributed by atoms with Crippen LogP contribution in [0, 0.1) is 6.92 Å². The number of hydrogen-bond donors (Lipinski definition) is 2. The number of aliphatic hydroxyl groups excluding tert-OH is 1. The van der Waals surface area contributed by atoms with E-state index in [0.29, 0.717) is 17.1 Å². The van der Waals surface area contributed by atoms with E-state index < -0.39 is 35.3 Å². The number of aliphatic hydroxyl groups is 1. The van der Waals surface area contributed by atoms with Crippen molar-refractivity contribution in [3.63, 3.8) is 0 Å². The molecule has 0 spiro atoms. The molecule has 10 aromatic rings. The molecule has 2 aliphatic rings. The van der Waals surface area contributed by atoms with Gasteiger partial charge in [-0.2, -0.15) is 0 Å². The first-order valence-corrected chi connectivity index (χ1v) is 23.8. The molecule has 9 nitrogen and oxygen atoms in total. The third-order valence-electron chi connectivity index (χ3n) is 14.8. The number of hydrogen-bond acceptors (Lipinski definition) is 7. The van der Waals surface area contributed by atoms with Gasteiger partial charge in [-0.3, -0.25) is 14.3 Å². The molecule has 0 unspecified atom stereocenters. The number of aryl methyl sites for hydroxylation is 1. The number of ether oxygens (including phenoxy) is 4. The average Bonchev–Trinajstić information content (AvgIpc) is 3.95. The first-order chi connectivity index (χ1) is 34.2. The maximum atomic E-state index is 12.9. The summed E-state index contributed by atoms with van der Waals surface area (Å²) in [6, 6.07) is 60.0. The van der Waals surface area contributed by atoms with E-state index in [1.807, 2.05) is 48.5 Å². The van der Waals surface area contributed by atoms with E-state index in [2.05, 4.69) is 126 Å². The lowest BCUT2D eigenvalue weighted by atomic mass is 9.79. The summed E-state index contributed by atoms with van der Waals surface area (Å²) in [5.74, 6) is 1.43. The molecule has 70 heavy (non-hydrogen) atoms. The van der Waals surface area contributed by atoms with Crippen LogP contribution >= 0.6 is 0 Å². The number of nitrogens with zero attached hydrogens (tertiary/aromatic N) is 1. The quantitative estimate of drug-likeness (QED) is 0.0981. The summed E-state index contributed by atoms with van der Waals surface area (Å²) in [6.07, 6.45) is -0.223. The number of aromatic amines is 1. The maximum absolute atomic E-state index is 12.9. The number of methoxy groups -OCH3 is 2. The molecule has 1 fully saturated rings. The Labute approximate surface area is 404 Å². The SMILES string of the molecule is COc1ccc(C(OC[C@H]2O[C@@H](n3cc(C)c(=O)[nH]c3=O)C[C@@H]2O)(c2ccc(CC3c4c(c5ccccc5c5ccccc45)-c4c3c3ccccc3c3ccccc43)cc2)c2ccc(OC)cc2)cc1. The van der Waals surface area contributed by atoms with Gasteiger partial charge in [0.2, 0.25) is 0 Å². The molecule has 0 radical (unpaired) electrons. The fraction of sp³-hybridized carbons (Fsp3) is 0.180. The zero-order valence-electron chi connectivity index (χ0n) is 39.0. The van der Waals surface area contributed by atoms with Crippen molar-refractivity contribution in [2.75, 3.05) is 20.8 Å². The van der Waals surface area contributed by atoms with Crippen molar-refractivity contribution in [1.29, 1.82) is 0 Å². The number of rotatable bonds is 11. The molecule has 12 rings (SSSR count). The number of aromatic nitrogens is 2. The second kappa shape index (κ2) is 17.3. The first-order valence-electron chi connectivity index (χ1n) is 23.8. The summed E-state index contributed by atoms with van der Waals surface area (Å²) in [6.45, 7) is 1.59. The third-order valence-corrected chi connectivity index (χ3v) is 14.8. The number of nitrogens with one attached hydrogen (secondary N) is 1. The third kappa shape index (κ3) is 6.95. The standard InChI is InChI=1S/C61H50N2O7/c1-36-34-63(60(66)62-59(36)65)54-33-52(64)53(70-54)35-69-61(39-24-28-41(67-2)29-25-39,40-26-30-42(68-3)31-27-40)38-22-20-37(21-23-38)32-51-55-47-16-8-4-12-43(47)45-14-6-10-18-49(45)57(55)58-50-19-11-7-15-46(50)44-13-5-9-17-48(44)56(51)58/h4-31,34,51-54,64H,32-33,35H2,1-3H3,(H,62,65,66)/t52-,53+,54+/m0/s1. The van der Waals surface area contributed by atoms with E-state index in [4.69, 9.17) is 18.9 Å². The molecule has 1 saturated heterocycles. The van der Waals surface area contributed by atoms with Gasteiger partial charge in [0.25, 0.3) is 5.56 Å². The minimum atomic E-state index is -1.22. The Kier molecular flexibility index (Phi) is 10.7. The van der Waals surface area contributed by atoms with Crippen LogP contribution in [0.15, 0.2) is 186 Å². The van der Waals surface area contributed by atoms with E-state index in [1.54, 1.807) is 21.1 Å². The van der Waals surface area contributed by atoms with E-state index in [-0.39, 0.29) is 18.9 Å². The van der Waals surface area contributed by atoms with Gasteiger partial charge >= 0.3 is 5.69 Å². The second-order valence-corrected chi connectivity index (χ2v) is 18.6. The summed E-state index contributed by atoms with van der Waals surface area (Å²) in [4.78, 5) is 27.5. The molecule has 1 aliphatic carbocycles. The van der Waals surface area contributed by atoms with Crippen LogP contribution in [0.2, 0.25) is 0 Å². The predicted molar refractivity (Wildman–Crippen MR) is 276 cm³/mol. The lowest BCUT2D eigenvalue weighted by Gasteiger charge is -2.37. The topological polar surface area (TPSA) is 112 Å². The Morgan fingerprint density at radius 1 is 0.600 bits per heavy atom. The van der Waals surface area contributed by atoms with E-state index in [9.17, 15) is 14.7 Å². The molecule has 9 aromatic carbocycles. The monoisotopic (exact) mass is 922 g/mol. The minimum absolute atomic E-state index is 0.0355. The number of H-pyrrole nitrogens is 1. The molecule has 0 saturated carbocycles. The fourth-order valence-corrected chi connectivity index (χ4v) is 11.5. The van der Waals surface area contributed by atoms with Gasteiger partial charge in [0, 0.05) is 24.1 Å². The maximum Gasteiger partial charge on any atom is 0.330 e. The lowest BCUT2D eigenvalue weighted by Crippen LogP contribution is -2.38. The van der Waals surface area contributed by atoms with E-state index >= 15 is 0 Å². The van der Waals surface area contributed by atoms with Gasteiger partial charge in [-0.15, -0.1) is 0 Å². The molecule has 1 aromatic heterocycles. The van der Waals surface area contributed by atoms with Gasteiger partial charge in [-0.1, -0.05) is 146 Å². The highest BCUT2D eigenvalue weighted by atomic mass is 16.6. The van der Waals surface area contributed by atoms with Crippen molar-refractivity contribution in [2.45, 2.75) is 49.7 Å². The van der Waals surface area contributed by atoms with Crippen LogP contribution in [0.25, 0.3) is 54.2 Å². The van der Waals surface area contributed by atoms with Crippen LogP contribution in [-0.4, -0.2) is 47.7 Å². The average molecular weight is 923 g/mol. The van der Waals surface area contributed by atoms with Gasteiger partial charge in [-0.05, 0) is 125 Å². The largest absolute Gasteiger partial charge is 0.497 e. The van der Waals surface area contributed by atoms with Crippen LogP contribution < -0.4 is 20.7 Å². The number of fused-ring (bicyclic) bond motifs is 13. The van der Waals surface area contributed by atoms with Gasteiger partial charge < -0.3 is 24.1 Å². The van der Waals surface area contributed by atoms with Gasteiger partial charge in [0.05, 0.1) is 26.9 Å². The molecule has 0 bridgehead atoms. The summed E-state index contributed by atoms with van der Waals surface area (Å²) < 4.78 is 26.3. The van der Waals surface area contributed by atoms with Gasteiger partial charge in [-0.25, -0.2) is 4.79 Å². The van der Waals surface area contributed by atoms with Crippen molar-refractivity contribution >= 4 is 43.1 Å². The molecule has 0 amide bonds. The molecule has 2 N–H and O–H groups in total. The smallest absolute Gasteiger partial charge is 0.330 e. The van der Waals surface area contributed by atoms with Gasteiger partial charge in [0.1, 0.15) is 29.4 Å². The zero-order valence-corrected chi connectivity index (χ0v) is 39.0. The lowest BCUT2D eigenvalue weighted by molar-refractivity contribution is -0.0944. The second-order valence-electron chi connectivity index (χ2n) is 18.6. The summed E-state index contributed by atoms with van der Waals surface area (Å²) in [5.41, 5.74) is 7.12. The van der Waals surface area contributed by atoms with E-state index in [1.165, 1.54) is 81.7 Å². The Bertz CT molecular complexity index is 3590. The van der Waals surface area contributed by atoms with Gasteiger partial charge in [0.15, 0.2) is 0 Å². The Morgan fingerprint density at radius 3 is 1.50 bits per heavy atom.